The molecule has 0 aliphatic rings. The Balaban J connectivity index is 1.39. The van der Waals surface area contributed by atoms with Crippen LogP contribution in [-0.2, 0) is 0 Å². The number of ether oxygens (including phenoxy) is 2. The van der Waals surface area contributed by atoms with Crippen molar-refractivity contribution in [3.63, 3.8) is 0 Å². The van der Waals surface area contributed by atoms with Crippen LogP contribution < -0.4 is 20.9 Å². The Morgan fingerprint density at radius 3 is 1.26 bits per heavy atom. The topological polar surface area (TPSA) is 105 Å². The van der Waals surface area contributed by atoms with Crippen LogP contribution in [-0.4, -0.2) is 11.6 Å². The molecule has 5 rings (SSSR count). The van der Waals surface area contributed by atoms with Crippen LogP contribution in [0.4, 0.5) is 11.4 Å². The van der Waals surface area contributed by atoms with Gasteiger partial charge in [0.1, 0.15) is 11.5 Å². The molecule has 0 saturated carbocycles. The minimum absolute atomic E-state index is 0.261. The number of carbonyl (C=O) groups excluding carboxylic acids is 2. The maximum atomic E-state index is 13.3. The van der Waals surface area contributed by atoms with Gasteiger partial charge in [-0.2, -0.15) is 0 Å². The molecule has 0 fully saturated rings. The first-order valence-corrected chi connectivity index (χ1v) is 11.9. The van der Waals surface area contributed by atoms with Crippen LogP contribution in [0.5, 0.6) is 23.0 Å². The Morgan fingerprint density at radius 1 is 0.447 bits per heavy atom. The molecule has 38 heavy (non-hydrogen) atoms. The lowest BCUT2D eigenvalue weighted by Gasteiger charge is -2.11. The first kappa shape index (κ1) is 24.3. The van der Waals surface area contributed by atoms with E-state index >= 15 is 0 Å². The molecule has 6 heteroatoms. The van der Waals surface area contributed by atoms with Gasteiger partial charge in [0, 0.05) is 22.3 Å². The first-order chi connectivity index (χ1) is 18.5. The van der Waals surface area contributed by atoms with Gasteiger partial charge in [0.25, 0.3) is 0 Å². The number of nitrogens with two attached hydrogens (primary N) is 2. The number of ketones is 2. The summed E-state index contributed by atoms with van der Waals surface area (Å²) < 4.78 is 11.7. The molecule has 0 radical (unpaired) electrons. The monoisotopic (exact) mass is 500 g/mol. The molecule has 4 N–H and O–H groups in total. The zero-order chi connectivity index (χ0) is 26.5. The van der Waals surface area contributed by atoms with Crippen LogP contribution in [0, 0.1) is 0 Å². The van der Waals surface area contributed by atoms with E-state index < -0.39 is 0 Å². The van der Waals surface area contributed by atoms with Crippen LogP contribution in [0.25, 0.3) is 0 Å². The molecule has 0 spiro atoms. The highest BCUT2D eigenvalue weighted by atomic mass is 16.5. The van der Waals surface area contributed by atoms with E-state index in [0.29, 0.717) is 56.6 Å². The van der Waals surface area contributed by atoms with Crippen molar-refractivity contribution in [2.24, 2.45) is 0 Å². The Kier molecular flexibility index (Phi) is 6.87. The number of anilines is 2. The van der Waals surface area contributed by atoms with Gasteiger partial charge in [-0.25, -0.2) is 0 Å². The SMILES string of the molecule is Nc1ccc(C(=O)c2cccc(C(=O)c3ccc(N)c(Oc4ccccc4)c3)c2)cc1Oc1ccccc1. The Bertz CT molecular complexity index is 1500. The molecule has 0 aromatic heterocycles. The summed E-state index contributed by atoms with van der Waals surface area (Å²) in [5.41, 5.74) is 14.5. The number of benzene rings is 5. The van der Waals surface area contributed by atoms with Gasteiger partial charge in [-0.3, -0.25) is 9.59 Å². The molecule has 0 unspecified atom stereocenters. The average molecular weight is 501 g/mol. The van der Waals surface area contributed by atoms with E-state index in [1.807, 2.05) is 36.4 Å². The van der Waals surface area contributed by atoms with Crippen molar-refractivity contribution < 1.29 is 19.1 Å². The predicted molar refractivity (Wildman–Crippen MR) is 148 cm³/mol. The molecule has 0 heterocycles. The summed E-state index contributed by atoms with van der Waals surface area (Å²) in [7, 11) is 0. The Morgan fingerprint density at radius 2 is 0.842 bits per heavy atom. The van der Waals surface area contributed by atoms with Crippen LogP contribution >= 0.6 is 0 Å². The molecule has 5 aromatic rings. The van der Waals surface area contributed by atoms with E-state index in [-0.39, 0.29) is 11.6 Å². The third kappa shape index (κ3) is 5.39. The summed E-state index contributed by atoms with van der Waals surface area (Å²) in [5.74, 6) is 1.45. The lowest BCUT2D eigenvalue weighted by atomic mass is 9.97. The molecule has 6 nitrogen and oxygen atoms in total. The highest BCUT2D eigenvalue weighted by molar-refractivity contribution is 6.13. The molecule has 5 aromatic carbocycles. The lowest BCUT2D eigenvalue weighted by Crippen LogP contribution is -2.07. The Labute approximate surface area is 220 Å². The van der Waals surface area contributed by atoms with Crippen molar-refractivity contribution in [3.8, 4) is 23.0 Å². The molecule has 0 amide bonds. The summed E-state index contributed by atoms with van der Waals surface area (Å²) in [6, 6.07) is 34.7. The first-order valence-electron chi connectivity index (χ1n) is 11.9. The van der Waals surface area contributed by atoms with Crippen molar-refractivity contribution in [3.05, 3.63) is 144 Å². The number of para-hydroxylation sites is 2. The summed E-state index contributed by atoms with van der Waals surface area (Å²) >= 11 is 0. The fourth-order valence-electron chi connectivity index (χ4n) is 3.89. The lowest BCUT2D eigenvalue weighted by molar-refractivity contribution is 0.103. The second kappa shape index (κ2) is 10.7. The maximum absolute atomic E-state index is 13.3. The quantitative estimate of drug-likeness (QED) is 0.177. The fraction of sp³-hybridized carbons (Fsp3) is 0. The third-order valence-electron chi connectivity index (χ3n) is 5.88. The van der Waals surface area contributed by atoms with Crippen LogP contribution in [0.3, 0.4) is 0 Å². The van der Waals surface area contributed by atoms with Gasteiger partial charge in [0.2, 0.25) is 0 Å². The smallest absolute Gasteiger partial charge is 0.193 e. The number of rotatable bonds is 8. The summed E-state index contributed by atoms with van der Waals surface area (Å²) in [6.07, 6.45) is 0. The van der Waals surface area contributed by atoms with Crippen LogP contribution in [0.15, 0.2) is 121 Å². The average Bonchev–Trinajstić information content (AvgIpc) is 2.96. The zero-order valence-corrected chi connectivity index (χ0v) is 20.3. The van der Waals surface area contributed by atoms with Gasteiger partial charge in [-0.05, 0) is 66.7 Å². The molecule has 0 atom stereocenters. The van der Waals surface area contributed by atoms with Crippen LogP contribution in [0.1, 0.15) is 31.8 Å². The number of carbonyl (C=O) groups is 2. The maximum Gasteiger partial charge on any atom is 0.193 e. The van der Waals surface area contributed by atoms with E-state index in [1.54, 1.807) is 84.9 Å². The second-order valence-electron chi connectivity index (χ2n) is 8.57. The largest absolute Gasteiger partial charge is 0.455 e. The van der Waals surface area contributed by atoms with E-state index in [1.165, 1.54) is 0 Å². The molecular formula is C32H24N2O4. The van der Waals surface area contributed by atoms with Crippen molar-refractivity contribution in [2.75, 3.05) is 11.5 Å². The van der Waals surface area contributed by atoms with Gasteiger partial charge in [-0.15, -0.1) is 0 Å². The van der Waals surface area contributed by atoms with E-state index in [9.17, 15) is 9.59 Å². The highest BCUT2D eigenvalue weighted by Gasteiger charge is 2.17. The minimum atomic E-state index is -0.261. The highest BCUT2D eigenvalue weighted by Crippen LogP contribution is 2.31. The van der Waals surface area contributed by atoms with Crippen LogP contribution in [0.2, 0.25) is 0 Å². The minimum Gasteiger partial charge on any atom is -0.455 e. The van der Waals surface area contributed by atoms with Gasteiger partial charge >= 0.3 is 0 Å². The summed E-state index contributed by atoms with van der Waals surface area (Å²) in [6.45, 7) is 0. The standard InChI is InChI=1S/C32H24N2O4/c33-27-16-14-23(19-29(27)37-25-10-3-1-4-11-25)31(35)21-8-7-9-22(18-21)32(36)24-15-17-28(34)30(20-24)38-26-12-5-2-6-13-26/h1-20H,33-34H2. The molecule has 0 aliphatic heterocycles. The molecule has 186 valence electrons. The van der Waals surface area contributed by atoms with Crippen molar-refractivity contribution >= 4 is 22.9 Å². The molecular weight excluding hydrogens is 476 g/mol. The number of nitrogen functional groups attached to an aromatic ring is 2. The van der Waals surface area contributed by atoms with E-state index in [4.69, 9.17) is 20.9 Å². The number of hydrogen-bond donors (Lipinski definition) is 2. The molecule has 0 aliphatic carbocycles. The van der Waals surface area contributed by atoms with Gasteiger partial charge in [-0.1, -0.05) is 54.6 Å². The molecule has 0 bridgehead atoms. The fourth-order valence-corrected chi connectivity index (χ4v) is 3.89. The normalized spacial score (nSPS) is 10.5. The number of hydrogen-bond acceptors (Lipinski definition) is 6. The predicted octanol–water partition coefficient (Wildman–Crippen LogP) is 6.90. The summed E-state index contributed by atoms with van der Waals surface area (Å²) in [4.78, 5) is 26.7. The zero-order valence-electron chi connectivity index (χ0n) is 20.3. The van der Waals surface area contributed by atoms with E-state index in [0.717, 1.165) is 0 Å². The van der Waals surface area contributed by atoms with E-state index in [2.05, 4.69) is 0 Å². The second-order valence-corrected chi connectivity index (χ2v) is 8.57. The van der Waals surface area contributed by atoms with Gasteiger partial charge < -0.3 is 20.9 Å². The Hall–Kier alpha value is -5.36. The van der Waals surface area contributed by atoms with Crippen molar-refractivity contribution in [2.45, 2.75) is 0 Å². The van der Waals surface area contributed by atoms with Gasteiger partial charge in [0.05, 0.1) is 11.4 Å². The van der Waals surface area contributed by atoms with Gasteiger partial charge in [0.15, 0.2) is 23.1 Å². The van der Waals surface area contributed by atoms with Crippen molar-refractivity contribution in [1.29, 1.82) is 0 Å². The molecule has 0 saturated heterocycles. The third-order valence-corrected chi connectivity index (χ3v) is 5.88. The van der Waals surface area contributed by atoms with Crippen molar-refractivity contribution in [1.82, 2.24) is 0 Å². The summed E-state index contributed by atoms with van der Waals surface area (Å²) in [5, 5.41) is 0.